The molecule has 1 fully saturated rings. The number of hydrogen-bond acceptors (Lipinski definition) is 3. The van der Waals surface area contributed by atoms with Crippen LogP contribution < -0.4 is 5.32 Å². The SMILES string of the molecule is CCCC(NCc1ccc([N+](=O)[O-])cc1)C1CC1. The first-order valence-corrected chi connectivity index (χ1v) is 6.67. The molecule has 0 heterocycles. The molecule has 0 aliphatic heterocycles. The zero-order valence-electron chi connectivity index (χ0n) is 10.8. The lowest BCUT2D eigenvalue weighted by Gasteiger charge is -2.17. The van der Waals surface area contributed by atoms with Crippen molar-refractivity contribution >= 4 is 5.69 Å². The van der Waals surface area contributed by atoms with Gasteiger partial charge in [0.25, 0.3) is 5.69 Å². The summed E-state index contributed by atoms with van der Waals surface area (Å²) >= 11 is 0. The zero-order valence-corrected chi connectivity index (χ0v) is 10.8. The van der Waals surface area contributed by atoms with E-state index in [1.54, 1.807) is 12.1 Å². The van der Waals surface area contributed by atoms with E-state index in [0.29, 0.717) is 6.04 Å². The predicted molar refractivity (Wildman–Crippen MR) is 71.4 cm³/mol. The molecule has 0 bridgehead atoms. The molecule has 1 unspecified atom stereocenters. The van der Waals surface area contributed by atoms with Crippen molar-refractivity contribution in [1.82, 2.24) is 5.32 Å². The molecule has 1 aliphatic carbocycles. The Hall–Kier alpha value is -1.42. The Morgan fingerprint density at radius 3 is 2.56 bits per heavy atom. The Kier molecular flexibility index (Phi) is 4.31. The minimum absolute atomic E-state index is 0.158. The van der Waals surface area contributed by atoms with Crippen molar-refractivity contribution in [2.45, 2.75) is 45.2 Å². The number of hydrogen-bond donors (Lipinski definition) is 1. The average Bonchev–Trinajstić information content (AvgIpc) is 3.19. The zero-order chi connectivity index (χ0) is 13.0. The minimum atomic E-state index is -0.360. The molecule has 98 valence electrons. The second-order valence-corrected chi connectivity index (χ2v) is 5.04. The first kappa shape index (κ1) is 13.0. The molecule has 1 N–H and O–H groups in total. The maximum Gasteiger partial charge on any atom is 0.269 e. The highest BCUT2D eigenvalue weighted by Crippen LogP contribution is 2.34. The van der Waals surface area contributed by atoms with Crippen LogP contribution >= 0.6 is 0 Å². The van der Waals surface area contributed by atoms with Gasteiger partial charge < -0.3 is 5.32 Å². The Bertz CT molecular complexity index is 399. The lowest BCUT2D eigenvalue weighted by Crippen LogP contribution is -2.30. The first-order valence-electron chi connectivity index (χ1n) is 6.67. The fraction of sp³-hybridized carbons (Fsp3) is 0.571. The molecule has 0 amide bonds. The van der Waals surface area contributed by atoms with E-state index in [-0.39, 0.29) is 10.6 Å². The van der Waals surface area contributed by atoms with Crippen LogP contribution in [0.5, 0.6) is 0 Å². The van der Waals surface area contributed by atoms with Crippen molar-refractivity contribution in [2.24, 2.45) is 5.92 Å². The van der Waals surface area contributed by atoms with E-state index in [1.807, 2.05) is 12.1 Å². The first-order chi connectivity index (χ1) is 8.70. The van der Waals surface area contributed by atoms with E-state index in [0.717, 1.165) is 18.0 Å². The van der Waals surface area contributed by atoms with Crippen LogP contribution in [-0.4, -0.2) is 11.0 Å². The van der Waals surface area contributed by atoms with Gasteiger partial charge in [-0.2, -0.15) is 0 Å². The molecule has 2 rings (SSSR count). The molecule has 1 aromatic carbocycles. The summed E-state index contributed by atoms with van der Waals surface area (Å²) in [6.07, 6.45) is 5.11. The number of benzene rings is 1. The maximum absolute atomic E-state index is 10.6. The van der Waals surface area contributed by atoms with Crippen molar-refractivity contribution in [1.29, 1.82) is 0 Å². The van der Waals surface area contributed by atoms with Crippen LogP contribution in [0.3, 0.4) is 0 Å². The van der Waals surface area contributed by atoms with Crippen LogP contribution in [0.4, 0.5) is 5.69 Å². The standard InChI is InChI=1S/C14H20N2O2/c1-2-3-14(12-6-7-12)15-10-11-4-8-13(9-5-11)16(17)18/h4-5,8-9,12,14-15H,2-3,6-7,10H2,1H3. The summed E-state index contributed by atoms with van der Waals surface area (Å²) in [5.41, 5.74) is 1.27. The summed E-state index contributed by atoms with van der Waals surface area (Å²) in [6, 6.07) is 7.43. The fourth-order valence-corrected chi connectivity index (χ4v) is 2.30. The molecule has 1 aromatic rings. The van der Waals surface area contributed by atoms with Crippen molar-refractivity contribution in [3.63, 3.8) is 0 Å². The van der Waals surface area contributed by atoms with Crippen molar-refractivity contribution in [3.8, 4) is 0 Å². The summed E-state index contributed by atoms with van der Waals surface area (Å²) in [5.74, 6) is 0.850. The quantitative estimate of drug-likeness (QED) is 0.595. The third kappa shape index (κ3) is 3.53. The largest absolute Gasteiger partial charge is 0.310 e. The second kappa shape index (κ2) is 5.96. The molecule has 4 heteroatoms. The minimum Gasteiger partial charge on any atom is -0.310 e. The van der Waals surface area contributed by atoms with Gasteiger partial charge >= 0.3 is 0 Å². The Morgan fingerprint density at radius 2 is 2.06 bits per heavy atom. The van der Waals surface area contributed by atoms with Crippen LogP contribution in [0, 0.1) is 16.0 Å². The van der Waals surface area contributed by atoms with Gasteiger partial charge in [0.05, 0.1) is 4.92 Å². The average molecular weight is 248 g/mol. The van der Waals surface area contributed by atoms with Crippen molar-refractivity contribution in [2.75, 3.05) is 0 Å². The van der Waals surface area contributed by atoms with Crippen molar-refractivity contribution < 1.29 is 4.92 Å². The predicted octanol–water partition coefficient (Wildman–Crippen LogP) is 3.26. The summed E-state index contributed by atoms with van der Waals surface area (Å²) in [5, 5.41) is 14.1. The maximum atomic E-state index is 10.6. The molecule has 0 spiro atoms. The second-order valence-electron chi connectivity index (χ2n) is 5.04. The van der Waals surface area contributed by atoms with Gasteiger partial charge in [-0.05, 0) is 30.7 Å². The van der Waals surface area contributed by atoms with Crippen LogP contribution in [0.2, 0.25) is 0 Å². The molecule has 1 atom stereocenters. The Balaban J connectivity index is 1.86. The monoisotopic (exact) mass is 248 g/mol. The highest BCUT2D eigenvalue weighted by Gasteiger charge is 2.29. The van der Waals surface area contributed by atoms with Gasteiger partial charge in [-0.15, -0.1) is 0 Å². The van der Waals surface area contributed by atoms with Gasteiger partial charge in [0, 0.05) is 24.7 Å². The van der Waals surface area contributed by atoms with E-state index < -0.39 is 0 Å². The number of nitro groups is 1. The summed E-state index contributed by atoms with van der Waals surface area (Å²) < 4.78 is 0. The van der Waals surface area contributed by atoms with Gasteiger partial charge in [0.15, 0.2) is 0 Å². The molecule has 4 nitrogen and oxygen atoms in total. The Morgan fingerprint density at radius 1 is 1.39 bits per heavy atom. The Labute approximate surface area is 108 Å². The molecule has 0 saturated heterocycles. The summed E-state index contributed by atoms with van der Waals surface area (Å²) in [6.45, 7) is 3.02. The number of nitrogens with one attached hydrogen (secondary N) is 1. The van der Waals surface area contributed by atoms with Crippen LogP contribution in [0.1, 0.15) is 38.2 Å². The van der Waals surface area contributed by atoms with Crippen molar-refractivity contribution in [3.05, 3.63) is 39.9 Å². The van der Waals surface area contributed by atoms with E-state index in [1.165, 1.54) is 25.7 Å². The van der Waals surface area contributed by atoms with E-state index >= 15 is 0 Å². The normalized spacial score (nSPS) is 16.5. The summed E-state index contributed by atoms with van der Waals surface area (Å²) in [7, 11) is 0. The highest BCUT2D eigenvalue weighted by molar-refractivity contribution is 5.32. The molecule has 1 saturated carbocycles. The van der Waals surface area contributed by atoms with Gasteiger partial charge in [0.1, 0.15) is 0 Å². The molecule has 1 aliphatic rings. The van der Waals surface area contributed by atoms with Gasteiger partial charge in [-0.1, -0.05) is 25.5 Å². The molecular weight excluding hydrogens is 228 g/mol. The van der Waals surface area contributed by atoms with Gasteiger partial charge in [-0.25, -0.2) is 0 Å². The van der Waals surface area contributed by atoms with Crippen LogP contribution in [-0.2, 0) is 6.54 Å². The fourth-order valence-electron chi connectivity index (χ4n) is 2.30. The van der Waals surface area contributed by atoms with Gasteiger partial charge in [0.2, 0.25) is 0 Å². The molecule has 0 aromatic heterocycles. The van der Waals surface area contributed by atoms with Crippen LogP contribution in [0.15, 0.2) is 24.3 Å². The third-order valence-corrected chi connectivity index (χ3v) is 3.51. The summed E-state index contributed by atoms with van der Waals surface area (Å²) in [4.78, 5) is 10.2. The van der Waals surface area contributed by atoms with E-state index in [9.17, 15) is 10.1 Å². The highest BCUT2D eigenvalue weighted by atomic mass is 16.6. The lowest BCUT2D eigenvalue weighted by molar-refractivity contribution is -0.384. The topological polar surface area (TPSA) is 55.2 Å². The van der Waals surface area contributed by atoms with E-state index in [4.69, 9.17) is 0 Å². The molecular formula is C14H20N2O2. The van der Waals surface area contributed by atoms with Gasteiger partial charge in [-0.3, -0.25) is 10.1 Å². The number of nitrogens with zero attached hydrogens (tertiary/aromatic N) is 1. The number of nitro benzene ring substituents is 1. The smallest absolute Gasteiger partial charge is 0.269 e. The molecule has 0 radical (unpaired) electrons. The van der Waals surface area contributed by atoms with E-state index in [2.05, 4.69) is 12.2 Å². The molecule has 18 heavy (non-hydrogen) atoms. The number of non-ortho nitro benzene ring substituents is 1. The third-order valence-electron chi connectivity index (χ3n) is 3.51. The number of rotatable bonds is 7. The van der Waals surface area contributed by atoms with Crippen LogP contribution in [0.25, 0.3) is 0 Å². The lowest BCUT2D eigenvalue weighted by atomic mass is 10.1.